The molecule has 1 heterocycles. The number of nitrogens with zero attached hydrogens (tertiary/aromatic N) is 1. The van der Waals surface area contributed by atoms with E-state index in [4.69, 9.17) is 0 Å². The molecule has 25 heavy (non-hydrogen) atoms. The Morgan fingerprint density at radius 1 is 1.20 bits per heavy atom. The Morgan fingerprint density at radius 2 is 1.84 bits per heavy atom. The van der Waals surface area contributed by atoms with E-state index in [1.54, 1.807) is 13.0 Å². The van der Waals surface area contributed by atoms with Gasteiger partial charge in [-0.25, -0.2) is 4.79 Å². The first-order valence-electron chi connectivity index (χ1n) is 8.24. The summed E-state index contributed by atoms with van der Waals surface area (Å²) in [5.41, 5.74) is 1.07. The second-order valence-electron chi connectivity index (χ2n) is 6.72. The number of carbonyl (C=O) groups excluding carboxylic acids is 2. The Bertz CT molecular complexity index is 690. The van der Waals surface area contributed by atoms with Gasteiger partial charge in [-0.15, -0.1) is 11.8 Å². The molecule has 1 aromatic carbocycles. The summed E-state index contributed by atoms with van der Waals surface area (Å²) in [5.74, 6) is -0.284. The number of hydrogen-bond acceptors (Lipinski definition) is 4. The van der Waals surface area contributed by atoms with Crippen molar-refractivity contribution >= 4 is 29.5 Å². The van der Waals surface area contributed by atoms with E-state index in [1.807, 2.05) is 20.8 Å². The average Bonchev–Trinajstić information content (AvgIpc) is 3.02. The fourth-order valence-electron chi connectivity index (χ4n) is 2.54. The lowest BCUT2D eigenvalue weighted by molar-refractivity contribution is -0.125. The average molecular weight is 364 g/mol. The maximum absolute atomic E-state index is 12.8. The number of aromatic carboxylic acids is 1. The minimum absolute atomic E-state index is 0.0210. The Morgan fingerprint density at radius 3 is 2.44 bits per heavy atom. The summed E-state index contributed by atoms with van der Waals surface area (Å²) in [7, 11) is 0. The van der Waals surface area contributed by atoms with Crippen LogP contribution >= 0.6 is 11.8 Å². The van der Waals surface area contributed by atoms with Gasteiger partial charge in [-0.1, -0.05) is 13.8 Å². The van der Waals surface area contributed by atoms with Crippen molar-refractivity contribution in [3.63, 3.8) is 0 Å². The van der Waals surface area contributed by atoms with Crippen molar-refractivity contribution in [1.29, 1.82) is 0 Å². The number of benzene rings is 1. The number of carboxylic acids is 1. The molecule has 0 saturated carbocycles. The molecule has 1 aliphatic heterocycles. The van der Waals surface area contributed by atoms with E-state index in [-0.39, 0.29) is 23.4 Å². The van der Waals surface area contributed by atoms with Crippen LogP contribution in [0.5, 0.6) is 0 Å². The number of hydrogen-bond donors (Lipinski definition) is 2. The third-order valence-corrected chi connectivity index (χ3v) is 5.40. The second kappa shape index (κ2) is 7.91. The van der Waals surface area contributed by atoms with Gasteiger partial charge >= 0.3 is 5.97 Å². The summed E-state index contributed by atoms with van der Waals surface area (Å²) in [6.07, 6.45) is 0. The molecule has 136 valence electrons. The summed E-state index contributed by atoms with van der Waals surface area (Å²) in [6, 6.07) is 4.03. The van der Waals surface area contributed by atoms with Gasteiger partial charge in [0.1, 0.15) is 6.04 Å². The van der Waals surface area contributed by atoms with Gasteiger partial charge in [0, 0.05) is 17.4 Å². The van der Waals surface area contributed by atoms with Crippen LogP contribution in [0.2, 0.25) is 0 Å². The van der Waals surface area contributed by atoms with Crippen LogP contribution in [0.3, 0.4) is 0 Å². The van der Waals surface area contributed by atoms with E-state index in [0.29, 0.717) is 28.7 Å². The molecule has 2 rings (SSSR count). The predicted molar refractivity (Wildman–Crippen MR) is 97.9 cm³/mol. The first-order chi connectivity index (χ1) is 11.7. The number of thioether (sulfide) groups is 1. The highest BCUT2D eigenvalue weighted by molar-refractivity contribution is 7.99. The zero-order valence-corrected chi connectivity index (χ0v) is 15.7. The lowest BCUT2D eigenvalue weighted by atomic mass is 10.0. The van der Waals surface area contributed by atoms with Gasteiger partial charge in [0.05, 0.1) is 11.4 Å². The van der Waals surface area contributed by atoms with Gasteiger partial charge in [0.15, 0.2) is 0 Å². The molecule has 6 nitrogen and oxygen atoms in total. The Hall–Kier alpha value is -2.02. The quantitative estimate of drug-likeness (QED) is 0.838. The fraction of sp³-hybridized carbons (Fsp3) is 0.500. The zero-order valence-electron chi connectivity index (χ0n) is 14.9. The highest BCUT2D eigenvalue weighted by Gasteiger charge is 2.36. The van der Waals surface area contributed by atoms with Crippen molar-refractivity contribution in [3.05, 3.63) is 34.9 Å². The lowest BCUT2D eigenvalue weighted by Crippen LogP contribution is -2.50. The van der Waals surface area contributed by atoms with Crippen LogP contribution in [-0.2, 0) is 4.79 Å². The Kier molecular flexibility index (Phi) is 6.11. The summed E-state index contributed by atoms with van der Waals surface area (Å²) in [6.45, 7) is 7.74. The van der Waals surface area contributed by atoms with Gasteiger partial charge in [0.25, 0.3) is 5.91 Å². The molecule has 0 radical (unpaired) electrons. The SMILES string of the molecule is Cc1cc(C(=O)O)cc(C(=O)N2CSCC2C(=O)NC(C)C(C)C)c1. The fourth-order valence-corrected chi connectivity index (χ4v) is 3.70. The van der Waals surface area contributed by atoms with Crippen LogP contribution in [0.4, 0.5) is 0 Å². The standard InChI is InChI=1S/C18H24N2O4S/c1-10(2)12(4)19-16(21)15-8-25-9-20(15)17(22)13-5-11(3)6-14(7-13)18(23)24/h5-7,10,12,15H,8-9H2,1-4H3,(H,19,21)(H,23,24). The molecule has 7 heteroatoms. The van der Waals surface area contributed by atoms with E-state index < -0.39 is 12.0 Å². The maximum Gasteiger partial charge on any atom is 0.335 e. The van der Waals surface area contributed by atoms with Crippen molar-refractivity contribution in [1.82, 2.24) is 10.2 Å². The first kappa shape index (κ1) is 19.3. The van der Waals surface area contributed by atoms with E-state index in [0.717, 1.165) is 0 Å². The lowest BCUT2D eigenvalue weighted by Gasteiger charge is -2.26. The third kappa shape index (κ3) is 4.54. The molecule has 1 saturated heterocycles. The smallest absolute Gasteiger partial charge is 0.335 e. The van der Waals surface area contributed by atoms with Crippen LogP contribution in [0.1, 0.15) is 47.1 Å². The number of nitrogens with one attached hydrogen (secondary N) is 1. The highest BCUT2D eigenvalue weighted by Crippen LogP contribution is 2.24. The van der Waals surface area contributed by atoms with Crippen molar-refractivity contribution in [3.8, 4) is 0 Å². The first-order valence-corrected chi connectivity index (χ1v) is 9.40. The third-order valence-electron chi connectivity index (χ3n) is 4.39. The minimum Gasteiger partial charge on any atom is -0.478 e. The van der Waals surface area contributed by atoms with Crippen LogP contribution in [-0.4, -0.2) is 51.5 Å². The monoisotopic (exact) mass is 364 g/mol. The van der Waals surface area contributed by atoms with Crippen molar-refractivity contribution in [2.24, 2.45) is 5.92 Å². The van der Waals surface area contributed by atoms with Crippen molar-refractivity contribution in [2.75, 3.05) is 11.6 Å². The molecule has 1 aliphatic rings. The number of aryl methyl sites for hydroxylation is 1. The maximum atomic E-state index is 12.8. The molecule has 2 amide bonds. The molecule has 1 aromatic rings. The Labute approximate surface area is 152 Å². The van der Waals surface area contributed by atoms with Gasteiger partial charge in [-0.3, -0.25) is 9.59 Å². The van der Waals surface area contributed by atoms with Gasteiger partial charge in [0.2, 0.25) is 5.91 Å². The van der Waals surface area contributed by atoms with Crippen LogP contribution < -0.4 is 5.32 Å². The highest BCUT2D eigenvalue weighted by atomic mass is 32.2. The molecular weight excluding hydrogens is 340 g/mol. The van der Waals surface area contributed by atoms with Crippen molar-refractivity contribution in [2.45, 2.75) is 39.8 Å². The Balaban J connectivity index is 2.20. The zero-order chi connectivity index (χ0) is 18.7. The number of carboxylic acid groups (broad SMARTS) is 1. The van der Waals surface area contributed by atoms with Crippen molar-refractivity contribution < 1.29 is 19.5 Å². The van der Waals surface area contributed by atoms with Crippen LogP contribution in [0.15, 0.2) is 18.2 Å². The normalized spacial score (nSPS) is 18.3. The second-order valence-corrected chi connectivity index (χ2v) is 7.72. The number of amides is 2. The topological polar surface area (TPSA) is 86.7 Å². The molecular formula is C18H24N2O4S. The van der Waals surface area contributed by atoms with Gasteiger partial charge in [-0.2, -0.15) is 0 Å². The molecule has 1 fully saturated rings. The summed E-state index contributed by atoms with van der Waals surface area (Å²) in [4.78, 5) is 38.1. The summed E-state index contributed by atoms with van der Waals surface area (Å²) < 4.78 is 0. The molecule has 0 bridgehead atoms. The van der Waals surface area contributed by atoms with E-state index in [1.165, 1.54) is 28.8 Å². The molecule has 0 aliphatic carbocycles. The van der Waals surface area contributed by atoms with E-state index >= 15 is 0 Å². The van der Waals surface area contributed by atoms with Gasteiger partial charge < -0.3 is 15.3 Å². The summed E-state index contributed by atoms with van der Waals surface area (Å²) in [5, 5.41) is 12.1. The predicted octanol–water partition coefficient (Wildman–Crippen LogP) is 2.37. The van der Waals surface area contributed by atoms with Crippen LogP contribution in [0, 0.1) is 12.8 Å². The summed E-state index contributed by atoms with van der Waals surface area (Å²) >= 11 is 1.52. The molecule has 0 spiro atoms. The van der Waals surface area contributed by atoms with Gasteiger partial charge in [-0.05, 0) is 43.5 Å². The minimum atomic E-state index is -1.08. The molecule has 0 aromatic heterocycles. The number of carbonyl (C=O) groups is 3. The molecule has 2 unspecified atom stereocenters. The molecule has 2 N–H and O–H groups in total. The van der Waals surface area contributed by atoms with E-state index in [9.17, 15) is 19.5 Å². The van der Waals surface area contributed by atoms with E-state index in [2.05, 4.69) is 5.32 Å². The largest absolute Gasteiger partial charge is 0.478 e. The molecule has 2 atom stereocenters. The number of rotatable bonds is 5. The van der Waals surface area contributed by atoms with Crippen LogP contribution in [0.25, 0.3) is 0 Å².